The summed E-state index contributed by atoms with van der Waals surface area (Å²) in [5, 5.41) is 1.08. The largest absolute Gasteiger partial charge is 0.488 e. The van der Waals surface area contributed by atoms with Crippen molar-refractivity contribution in [1.82, 2.24) is 0 Å². The summed E-state index contributed by atoms with van der Waals surface area (Å²) < 4.78 is 40.1. The highest BCUT2D eigenvalue weighted by Gasteiger charge is 2.71. The predicted molar refractivity (Wildman–Crippen MR) is 220 cm³/mol. The van der Waals surface area contributed by atoms with Gasteiger partial charge in [0.1, 0.15) is 30.1 Å². The molecule has 0 aliphatic carbocycles. The lowest BCUT2D eigenvalue weighted by atomic mass is 9.81. The van der Waals surface area contributed by atoms with Gasteiger partial charge < -0.3 is 27.5 Å². The molecule has 2 aromatic carbocycles. The van der Waals surface area contributed by atoms with Crippen molar-refractivity contribution >= 4 is 33.6 Å². The molecule has 0 N–H and O–H groups in total. The first-order valence-electron chi connectivity index (χ1n) is 20.1. The lowest BCUT2D eigenvalue weighted by Gasteiger charge is -2.44. The monoisotopic (exact) mass is 764 g/mol. The molecule has 2 aliphatic heterocycles. The molecule has 2 fully saturated rings. The first kappa shape index (κ1) is 41.7. The number of carbonyl (C=O) groups is 1. The number of carbonyl (C=O) groups excluding carboxylic acids is 1. The fourth-order valence-corrected chi connectivity index (χ4v) is 9.58. The average Bonchev–Trinajstić information content (AvgIpc) is 3.66. The van der Waals surface area contributed by atoms with E-state index in [9.17, 15) is 4.79 Å². The summed E-state index contributed by atoms with van der Waals surface area (Å²) in [7, 11) is -4.38. The fraction of sp³-hybridized carbons (Fsp3) is 0.659. The Morgan fingerprint density at radius 3 is 2.17 bits per heavy atom. The van der Waals surface area contributed by atoms with Crippen molar-refractivity contribution in [2.24, 2.45) is 5.92 Å². The lowest BCUT2D eigenvalue weighted by molar-refractivity contribution is -0.173. The zero-order chi connectivity index (χ0) is 39.1. The van der Waals surface area contributed by atoms with E-state index in [2.05, 4.69) is 114 Å². The number of cyclic esters (lactones) is 1. The number of benzene rings is 2. The molecule has 3 aromatic rings. The van der Waals surface area contributed by atoms with E-state index in [-0.39, 0.29) is 40.3 Å². The highest BCUT2D eigenvalue weighted by atomic mass is 28.4. The number of hydrogen-bond acceptors (Lipinski definition) is 7. The van der Waals surface area contributed by atoms with Crippen molar-refractivity contribution in [2.75, 3.05) is 0 Å². The Morgan fingerprint density at radius 1 is 0.943 bits per heavy atom. The molecule has 53 heavy (non-hydrogen) atoms. The van der Waals surface area contributed by atoms with Gasteiger partial charge in [-0.15, -0.1) is 0 Å². The van der Waals surface area contributed by atoms with Crippen molar-refractivity contribution in [3.05, 3.63) is 64.9 Å². The molecule has 9 heteroatoms. The number of hydrogen-bond donors (Lipinski definition) is 0. The van der Waals surface area contributed by atoms with Gasteiger partial charge >= 0.3 is 5.97 Å². The van der Waals surface area contributed by atoms with Crippen molar-refractivity contribution < 1.29 is 32.3 Å². The summed E-state index contributed by atoms with van der Waals surface area (Å²) in [6, 6.07) is 12.6. The van der Waals surface area contributed by atoms with Gasteiger partial charge in [-0.2, -0.15) is 0 Å². The van der Waals surface area contributed by atoms with Gasteiger partial charge in [-0.05, 0) is 78.6 Å². The van der Waals surface area contributed by atoms with E-state index in [4.69, 9.17) is 27.5 Å². The minimum absolute atomic E-state index is 0.0127. The molecule has 1 unspecified atom stereocenters. The van der Waals surface area contributed by atoms with E-state index in [1.165, 1.54) is 0 Å². The first-order valence-corrected chi connectivity index (χ1v) is 25.9. The summed E-state index contributed by atoms with van der Waals surface area (Å²) in [6.45, 7) is 32.2. The van der Waals surface area contributed by atoms with Gasteiger partial charge in [-0.1, -0.05) is 106 Å². The molecule has 294 valence electrons. The van der Waals surface area contributed by atoms with Crippen LogP contribution in [0.15, 0.2) is 47.1 Å². The van der Waals surface area contributed by atoms with Crippen molar-refractivity contribution in [2.45, 2.75) is 181 Å². The third-order valence-electron chi connectivity index (χ3n) is 12.6. The van der Waals surface area contributed by atoms with Gasteiger partial charge in [0, 0.05) is 23.3 Å². The minimum Gasteiger partial charge on any atom is -0.488 e. The fourth-order valence-electron chi connectivity index (χ4n) is 7.30. The average molecular weight is 765 g/mol. The second-order valence-electron chi connectivity index (χ2n) is 19.1. The molecule has 2 saturated heterocycles. The second kappa shape index (κ2) is 15.6. The number of furan rings is 1. The molecular weight excluding hydrogens is 697 g/mol. The molecule has 7 nitrogen and oxygen atoms in total. The van der Waals surface area contributed by atoms with Crippen molar-refractivity contribution in [3.63, 3.8) is 0 Å². The van der Waals surface area contributed by atoms with E-state index in [1.807, 2.05) is 24.5 Å². The van der Waals surface area contributed by atoms with Crippen LogP contribution < -0.4 is 4.74 Å². The molecule has 0 amide bonds. The first-order chi connectivity index (χ1) is 24.7. The predicted octanol–water partition coefficient (Wildman–Crippen LogP) is 11.9. The van der Waals surface area contributed by atoms with Gasteiger partial charge in [-0.25, -0.2) is 4.79 Å². The van der Waals surface area contributed by atoms with Crippen molar-refractivity contribution in [1.29, 1.82) is 0 Å². The summed E-state index contributed by atoms with van der Waals surface area (Å²) >= 11 is 0. The Hall–Kier alpha value is -2.44. The Morgan fingerprint density at radius 2 is 1.60 bits per heavy atom. The molecule has 0 radical (unpaired) electrons. The maximum Gasteiger partial charge on any atom is 0.344 e. The number of fused-ring (bicyclic) bond motifs is 1. The number of ether oxygens (including phenoxy) is 3. The molecule has 3 heterocycles. The van der Waals surface area contributed by atoms with Crippen molar-refractivity contribution in [3.8, 4) is 5.75 Å². The summed E-state index contributed by atoms with van der Waals surface area (Å²) in [5.74, 6) is 0.895. The maximum atomic E-state index is 14.1. The highest BCUT2D eigenvalue weighted by Crippen LogP contribution is 2.53. The van der Waals surface area contributed by atoms with E-state index in [1.54, 1.807) is 0 Å². The summed E-state index contributed by atoms with van der Waals surface area (Å²) in [5.41, 5.74) is 4.05. The van der Waals surface area contributed by atoms with Crippen LogP contribution in [0.2, 0.25) is 36.3 Å². The maximum absolute atomic E-state index is 14.1. The van der Waals surface area contributed by atoms with E-state index >= 15 is 0 Å². The molecule has 5 atom stereocenters. The second-order valence-corrected chi connectivity index (χ2v) is 28.6. The molecular formula is C44H68O7Si2. The topological polar surface area (TPSA) is 79.7 Å². The molecule has 2 aliphatic rings. The van der Waals surface area contributed by atoms with Crippen LogP contribution in [0, 0.1) is 5.92 Å². The SMILES string of the molecule is CCCC(c1coc2c(CO[Si](C)(C)C(C)(C)C)c(OCc3ccccc3)c(CC(C)C)cc12)[C@H]1C[C@H](O[Si](C)(C)C(C)(C)C)[C@@]2(O[C@@H]2CC)C(=O)O1. The van der Waals surface area contributed by atoms with Gasteiger partial charge in [-0.3, -0.25) is 0 Å². The van der Waals surface area contributed by atoms with Gasteiger partial charge in [0.2, 0.25) is 5.60 Å². The minimum atomic E-state index is -2.24. The van der Waals surface area contributed by atoms with E-state index < -0.39 is 22.2 Å². The van der Waals surface area contributed by atoms with Gasteiger partial charge in [0.25, 0.3) is 0 Å². The summed E-state index contributed by atoms with van der Waals surface area (Å²) in [6.07, 6.45) is 4.93. The van der Waals surface area contributed by atoms with Crippen LogP contribution in [-0.2, 0) is 42.8 Å². The quantitative estimate of drug-likeness (QED) is 0.0866. The normalized spacial score (nSPS) is 23.2. The molecule has 5 rings (SSSR count). The van der Waals surface area contributed by atoms with Crippen LogP contribution in [0.3, 0.4) is 0 Å². The zero-order valence-corrected chi connectivity index (χ0v) is 37.2. The molecule has 0 bridgehead atoms. The Bertz CT molecular complexity index is 1720. The van der Waals surface area contributed by atoms with Crippen LogP contribution in [0.4, 0.5) is 0 Å². The number of esters is 1. The van der Waals surface area contributed by atoms with Gasteiger partial charge in [0.15, 0.2) is 16.6 Å². The van der Waals surface area contributed by atoms with E-state index in [0.29, 0.717) is 25.6 Å². The Kier molecular flexibility index (Phi) is 12.3. The van der Waals surface area contributed by atoms with Crippen LogP contribution in [0.25, 0.3) is 11.0 Å². The van der Waals surface area contributed by atoms with Crippen LogP contribution >= 0.6 is 0 Å². The van der Waals surface area contributed by atoms with Crippen LogP contribution in [0.5, 0.6) is 5.75 Å². The number of epoxide rings is 1. The third kappa shape index (κ3) is 8.54. The molecule has 1 aromatic heterocycles. The molecule has 0 saturated carbocycles. The highest BCUT2D eigenvalue weighted by molar-refractivity contribution is 6.74. The van der Waals surface area contributed by atoms with Gasteiger partial charge in [0.05, 0.1) is 24.5 Å². The lowest BCUT2D eigenvalue weighted by Crippen LogP contribution is -2.57. The van der Waals surface area contributed by atoms with E-state index in [0.717, 1.165) is 64.7 Å². The molecule has 1 spiro atoms. The number of rotatable bonds is 15. The Balaban J connectivity index is 1.61. The van der Waals surface area contributed by atoms with Crippen LogP contribution in [0.1, 0.15) is 123 Å². The summed E-state index contributed by atoms with van der Waals surface area (Å²) in [4.78, 5) is 14.1. The standard InChI is InChI=1S/C44H68O7Si2/c1-15-20-32(36-25-38(51-53(13,14)43(8,9)10)44(41(45)49-36)37(16-2)50-44)34-27-47-40-33(34)24-31(23-29(3)4)39(46-26-30-21-18-17-19-22-30)35(40)28-48-52(11,12)42(5,6)7/h17-19,21-22,24,27,29,32,36-38H,15-16,20,23,25-26,28H2,1-14H3/t32?,36-,37-,38+,44-/m1/s1. The Labute approximate surface area is 322 Å². The zero-order valence-electron chi connectivity index (χ0n) is 35.2. The third-order valence-corrected chi connectivity index (χ3v) is 21.5. The smallest absolute Gasteiger partial charge is 0.344 e. The van der Waals surface area contributed by atoms with Crippen LogP contribution in [-0.4, -0.2) is 46.5 Å².